The Morgan fingerprint density at radius 2 is 1.86 bits per heavy atom. The number of rotatable bonds is 1. The van der Waals surface area contributed by atoms with E-state index >= 15 is 0 Å². The minimum absolute atomic E-state index is 0. The second-order valence-electron chi connectivity index (χ2n) is 1.01. The van der Waals surface area contributed by atoms with Gasteiger partial charge in [-0.2, -0.15) is 0 Å². The summed E-state index contributed by atoms with van der Waals surface area (Å²) < 4.78 is 0. The summed E-state index contributed by atoms with van der Waals surface area (Å²) >= 11 is 0. The van der Waals surface area contributed by atoms with Gasteiger partial charge < -0.3 is 10.2 Å². The van der Waals surface area contributed by atoms with Crippen LogP contribution in [0, 0.1) is 41.7 Å². The molecule has 0 saturated heterocycles. The number of hydrogen-bond donors (Lipinski definition) is 2. The third-order valence-electron chi connectivity index (χ3n) is 0.357. The molecule has 1 atom stereocenters. The summed E-state index contributed by atoms with van der Waals surface area (Å²) in [6, 6.07) is 0. The number of hydrogen-bond acceptors (Lipinski definition) is 2. The zero-order valence-electron chi connectivity index (χ0n) is 3.88. The van der Waals surface area contributed by atoms with Crippen LogP contribution in [0.2, 0.25) is 0 Å². The summed E-state index contributed by atoms with van der Waals surface area (Å²) in [6.45, 7) is 1.20. The Balaban J connectivity index is 0. The van der Waals surface area contributed by atoms with Gasteiger partial charge in [-0.05, 0) is 6.92 Å². The van der Waals surface area contributed by atoms with Crippen molar-refractivity contribution in [2.45, 2.75) is 13.0 Å². The second kappa shape index (κ2) is 4.95. The fourth-order valence-corrected chi connectivity index (χ4v) is 0. The monoisotopic (exact) mass is 230 g/mol. The van der Waals surface area contributed by atoms with E-state index in [0.29, 0.717) is 0 Å². The number of carboxylic acids is 1. The van der Waals surface area contributed by atoms with Crippen molar-refractivity contribution in [1.29, 1.82) is 0 Å². The van der Waals surface area contributed by atoms with E-state index in [4.69, 9.17) is 10.2 Å². The van der Waals surface area contributed by atoms with E-state index in [1.54, 1.807) is 0 Å². The molecule has 0 aliphatic carbocycles. The van der Waals surface area contributed by atoms with Gasteiger partial charge in [-0.1, -0.05) is 0 Å². The average Bonchev–Trinajstić information content (AvgIpc) is 1.36. The zero-order valence-corrected chi connectivity index (χ0v) is 7.02. The molecule has 0 saturated carbocycles. The van der Waals surface area contributed by atoms with Crippen LogP contribution in [0.5, 0.6) is 0 Å². The van der Waals surface area contributed by atoms with Crippen LogP contribution in [0.3, 0.4) is 0 Å². The largest absolute Gasteiger partial charge is 0.479 e. The molecule has 0 amide bonds. The summed E-state index contributed by atoms with van der Waals surface area (Å²) in [6.07, 6.45) is -1.23. The molecule has 7 heavy (non-hydrogen) atoms. The molecule has 2 N–H and O–H groups in total. The minimum atomic E-state index is -1.23. The predicted octanol–water partition coefficient (Wildman–Crippen LogP) is -0.548. The van der Waals surface area contributed by atoms with Crippen LogP contribution in [0.1, 0.15) is 6.92 Å². The van der Waals surface area contributed by atoms with E-state index in [1.165, 1.54) is 6.92 Å². The summed E-state index contributed by atoms with van der Waals surface area (Å²) in [5, 5.41) is 15.8. The molecule has 3 nitrogen and oxygen atoms in total. The molecule has 0 bridgehead atoms. The maximum Gasteiger partial charge on any atom is 0.332 e. The first kappa shape index (κ1) is 10.7. The fourth-order valence-electron chi connectivity index (χ4n) is 0. The first-order valence-corrected chi connectivity index (χ1v) is 1.55. The van der Waals surface area contributed by atoms with Gasteiger partial charge in [0, 0.05) is 41.7 Å². The molecule has 0 aromatic carbocycles. The van der Waals surface area contributed by atoms with Crippen molar-refractivity contribution in [1.82, 2.24) is 0 Å². The Morgan fingerprint density at radius 3 is 1.86 bits per heavy atom. The Bertz CT molecular complexity index is 61.2. The molecule has 0 aromatic rings. The first-order chi connectivity index (χ1) is 2.64. The van der Waals surface area contributed by atoms with Gasteiger partial charge in [-0.3, -0.25) is 0 Å². The quantitative estimate of drug-likeness (QED) is 0.635. The normalized spacial score (nSPS) is 11.7. The van der Waals surface area contributed by atoms with E-state index in [1.807, 2.05) is 0 Å². The van der Waals surface area contributed by atoms with E-state index in [9.17, 15) is 4.79 Å². The number of aliphatic carboxylic acids is 1. The van der Waals surface area contributed by atoms with Crippen molar-refractivity contribution >= 4 is 5.97 Å². The third kappa shape index (κ3) is 6.81. The van der Waals surface area contributed by atoms with Gasteiger partial charge in [0.15, 0.2) is 0 Å². The molecule has 0 rings (SSSR count). The standard InChI is InChI=1S/C3H6O3.Ce/c1-2(4)3(5)6;/h2,4H,1H3,(H,5,6);. The minimum Gasteiger partial charge on any atom is -0.479 e. The summed E-state index contributed by atoms with van der Waals surface area (Å²) in [5.74, 6) is -1.19. The fraction of sp³-hybridized carbons (Fsp3) is 0.667. The Labute approximate surface area is 75.1 Å². The van der Waals surface area contributed by atoms with Crippen molar-refractivity contribution in [3.8, 4) is 0 Å². The summed E-state index contributed by atoms with van der Waals surface area (Å²) in [7, 11) is 0. The van der Waals surface area contributed by atoms with Gasteiger partial charge in [0.25, 0.3) is 0 Å². The predicted molar refractivity (Wildman–Crippen MR) is 19.3 cm³/mol. The molecule has 40 valence electrons. The van der Waals surface area contributed by atoms with Crippen LogP contribution in [0.4, 0.5) is 0 Å². The van der Waals surface area contributed by atoms with E-state index in [-0.39, 0.29) is 41.7 Å². The average molecular weight is 230 g/mol. The molecule has 4 heteroatoms. The van der Waals surface area contributed by atoms with Gasteiger partial charge in [0.1, 0.15) is 6.10 Å². The third-order valence-corrected chi connectivity index (χ3v) is 0.357. The van der Waals surface area contributed by atoms with Gasteiger partial charge in [-0.25, -0.2) is 4.79 Å². The summed E-state index contributed by atoms with van der Waals surface area (Å²) in [4.78, 5) is 9.45. The molecular weight excluding hydrogens is 224 g/mol. The SMILES string of the molecule is CC(O)C(=O)O.[Ce]. The first-order valence-electron chi connectivity index (χ1n) is 1.55. The van der Waals surface area contributed by atoms with Gasteiger partial charge in [0.05, 0.1) is 0 Å². The number of carboxylic acid groups (broad SMARTS) is 1. The van der Waals surface area contributed by atoms with Crippen LogP contribution in [-0.4, -0.2) is 22.3 Å². The molecule has 0 fully saturated rings. The number of aliphatic hydroxyl groups is 1. The van der Waals surface area contributed by atoms with Gasteiger partial charge >= 0.3 is 5.97 Å². The second-order valence-corrected chi connectivity index (χ2v) is 1.01. The Kier molecular flexibility index (Phi) is 7.59. The van der Waals surface area contributed by atoms with Crippen molar-refractivity contribution in [3.63, 3.8) is 0 Å². The van der Waals surface area contributed by atoms with Crippen molar-refractivity contribution < 1.29 is 56.8 Å². The molecule has 0 aliphatic heterocycles. The van der Waals surface area contributed by atoms with Crippen LogP contribution in [-0.2, 0) is 4.79 Å². The topological polar surface area (TPSA) is 57.5 Å². The molecule has 0 radical (unpaired) electrons. The maximum atomic E-state index is 9.45. The van der Waals surface area contributed by atoms with Crippen LogP contribution in [0.25, 0.3) is 0 Å². The molecule has 1 unspecified atom stereocenters. The molecule has 0 aromatic heterocycles. The molecule has 0 heterocycles. The Morgan fingerprint density at radius 1 is 1.71 bits per heavy atom. The zero-order chi connectivity index (χ0) is 5.15. The van der Waals surface area contributed by atoms with Crippen molar-refractivity contribution in [2.24, 2.45) is 0 Å². The maximum absolute atomic E-state index is 9.45. The Hall–Kier alpha value is 0.807. The number of carbonyl (C=O) groups is 1. The van der Waals surface area contributed by atoms with E-state index in [2.05, 4.69) is 0 Å². The summed E-state index contributed by atoms with van der Waals surface area (Å²) in [5.41, 5.74) is 0. The van der Waals surface area contributed by atoms with Crippen LogP contribution < -0.4 is 0 Å². The van der Waals surface area contributed by atoms with Crippen molar-refractivity contribution in [3.05, 3.63) is 0 Å². The smallest absolute Gasteiger partial charge is 0.332 e. The molecular formula is C3H6CeO3. The van der Waals surface area contributed by atoms with Crippen LogP contribution in [0.15, 0.2) is 0 Å². The molecule has 0 aliphatic rings. The van der Waals surface area contributed by atoms with Crippen LogP contribution >= 0.6 is 0 Å². The van der Waals surface area contributed by atoms with Crippen molar-refractivity contribution in [2.75, 3.05) is 0 Å². The van der Waals surface area contributed by atoms with Gasteiger partial charge in [0.2, 0.25) is 0 Å². The van der Waals surface area contributed by atoms with E-state index < -0.39 is 12.1 Å². The van der Waals surface area contributed by atoms with Gasteiger partial charge in [-0.15, -0.1) is 0 Å². The molecule has 0 spiro atoms. The van der Waals surface area contributed by atoms with E-state index in [0.717, 1.165) is 0 Å². The number of aliphatic hydroxyl groups excluding tert-OH is 1.